The Hall–Kier alpha value is -0.970. The van der Waals surface area contributed by atoms with E-state index in [-0.39, 0.29) is 23.9 Å². The number of hydrogen-bond acceptors (Lipinski definition) is 4. The normalized spacial score (nSPS) is 37.8. The standard InChI is InChI=1S/C13H16O4/c1-7-9(14)6-8-10-4-5-11(17-10)13(15-2,16-3)12(7)8/h4-5,8,10-11H,6H2,1-3H3/t8-,10+,11-/m1/s1. The molecule has 92 valence electrons. The second-order valence-electron chi connectivity index (χ2n) is 4.75. The molecule has 0 saturated carbocycles. The fourth-order valence-electron chi connectivity index (χ4n) is 3.29. The first-order valence-electron chi connectivity index (χ1n) is 5.82. The lowest BCUT2D eigenvalue weighted by Crippen LogP contribution is -2.54. The molecule has 3 rings (SSSR count). The van der Waals surface area contributed by atoms with Crippen molar-refractivity contribution in [1.82, 2.24) is 0 Å². The minimum atomic E-state index is -0.926. The smallest absolute Gasteiger partial charge is 0.222 e. The van der Waals surface area contributed by atoms with E-state index in [0.29, 0.717) is 6.42 Å². The SMILES string of the molecule is COC1(OC)C2=C(C)C(=O)C[C@@H]2[C@@H]2C=C[C@H]1O2. The van der Waals surface area contributed by atoms with Gasteiger partial charge in [0, 0.05) is 32.1 Å². The van der Waals surface area contributed by atoms with Crippen molar-refractivity contribution < 1.29 is 19.0 Å². The van der Waals surface area contributed by atoms with Crippen LogP contribution in [0.1, 0.15) is 13.3 Å². The van der Waals surface area contributed by atoms with Crippen LogP contribution in [0.5, 0.6) is 0 Å². The number of carbonyl (C=O) groups excluding carboxylic acids is 1. The zero-order chi connectivity index (χ0) is 12.2. The van der Waals surface area contributed by atoms with Gasteiger partial charge in [-0.05, 0) is 12.5 Å². The highest BCUT2D eigenvalue weighted by molar-refractivity contribution is 5.99. The van der Waals surface area contributed by atoms with Crippen LogP contribution in [-0.4, -0.2) is 38.0 Å². The summed E-state index contributed by atoms with van der Waals surface area (Å²) >= 11 is 0. The Morgan fingerprint density at radius 1 is 1.35 bits per heavy atom. The van der Waals surface area contributed by atoms with Gasteiger partial charge in [-0.15, -0.1) is 0 Å². The summed E-state index contributed by atoms with van der Waals surface area (Å²) in [6.07, 6.45) is 4.23. The van der Waals surface area contributed by atoms with E-state index in [0.717, 1.165) is 11.1 Å². The summed E-state index contributed by atoms with van der Waals surface area (Å²) in [6.45, 7) is 1.86. The van der Waals surface area contributed by atoms with Crippen molar-refractivity contribution in [2.75, 3.05) is 14.2 Å². The van der Waals surface area contributed by atoms with E-state index in [9.17, 15) is 4.79 Å². The third-order valence-corrected chi connectivity index (χ3v) is 4.13. The minimum Gasteiger partial charge on any atom is -0.360 e. The zero-order valence-corrected chi connectivity index (χ0v) is 10.2. The fraction of sp³-hybridized carbons (Fsp3) is 0.615. The van der Waals surface area contributed by atoms with Gasteiger partial charge in [-0.2, -0.15) is 0 Å². The predicted octanol–water partition coefficient (Wildman–Crippen LogP) is 1.22. The lowest BCUT2D eigenvalue weighted by atomic mass is 9.85. The molecule has 1 fully saturated rings. The summed E-state index contributed by atoms with van der Waals surface area (Å²) in [5, 5.41) is 0. The minimum absolute atomic E-state index is 0.00479. The van der Waals surface area contributed by atoms with Crippen molar-refractivity contribution in [2.24, 2.45) is 5.92 Å². The van der Waals surface area contributed by atoms with Crippen LogP contribution in [0.4, 0.5) is 0 Å². The fourth-order valence-corrected chi connectivity index (χ4v) is 3.29. The van der Waals surface area contributed by atoms with E-state index in [1.807, 2.05) is 19.1 Å². The molecule has 2 aliphatic heterocycles. The summed E-state index contributed by atoms with van der Waals surface area (Å²) in [7, 11) is 3.19. The van der Waals surface area contributed by atoms with Crippen LogP contribution in [0.2, 0.25) is 0 Å². The Kier molecular flexibility index (Phi) is 2.30. The monoisotopic (exact) mass is 236 g/mol. The Labute approximate surface area is 100 Å². The summed E-state index contributed by atoms with van der Waals surface area (Å²) in [5.41, 5.74) is 1.75. The lowest BCUT2D eigenvalue weighted by molar-refractivity contribution is -0.257. The van der Waals surface area contributed by atoms with Gasteiger partial charge in [0.2, 0.25) is 5.79 Å². The Morgan fingerprint density at radius 2 is 2.06 bits per heavy atom. The highest BCUT2D eigenvalue weighted by Crippen LogP contribution is 2.50. The molecule has 0 aromatic carbocycles. The van der Waals surface area contributed by atoms with Gasteiger partial charge in [-0.3, -0.25) is 4.79 Å². The molecule has 1 aliphatic carbocycles. The number of Topliss-reactive ketones (excluding diaryl/α,β-unsaturated/α-hetero) is 1. The van der Waals surface area contributed by atoms with Gasteiger partial charge in [0.05, 0.1) is 6.10 Å². The van der Waals surface area contributed by atoms with E-state index in [1.54, 1.807) is 14.2 Å². The molecule has 0 unspecified atom stereocenters. The molecule has 2 bridgehead atoms. The van der Waals surface area contributed by atoms with E-state index in [1.165, 1.54) is 0 Å². The quantitative estimate of drug-likeness (QED) is 0.534. The van der Waals surface area contributed by atoms with Gasteiger partial charge >= 0.3 is 0 Å². The van der Waals surface area contributed by atoms with Gasteiger partial charge in [0.15, 0.2) is 5.78 Å². The van der Waals surface area contributed by atoms with Crippen molar-refractivity contribution in [3.8, 4) is 0 Å². The largest absolute Gasteiger partial charge is 0.360 e. The molecule has 3 atom stereocenters. The van der Waals surface area contributed by atoms with Gasteiger partial charge in [-0.25, -0.2) is 0 Å². The highest BCUT2D eigenvalue weighted by atomic mass is 16.7. The highest BCUT2D eigenvalue weighted by Gasteiger charge is 2.58. The summed E-state index contributed by atoms with van der Waals surface area (Å²) in [5.74, 6) is -0.685. The molecular formula is C13H16O4. The molecule has 0 N–H and O–H groups in total. The topological polar surface area (TPSA) is 44.8 Å². The molecule has 4 nitrogen and oxygen atoms in total. The first-order chi connectivity index (χ1) is 8.14. The lowest BCUT2D eigenvalue weighted by Gasteiger charge is -2.44. The number of hydrogen-bond donors (Lipinski definition) is 0. The molecular weight excluding hydrogens is 220 g/mol. The second kappa shape index (κ2) is 3.51. The van der Waals surface area contributed by atoms with Crippen LogP contribution in [0.15, 0.2) is 23.3 Å². The molecule has 2 heterocycles. The van der Waals surface area contributed by atoms with Crippen molar-refractivity contribution in [3.63, 3.8) is 0 Å². The molecule has 3 aliphatic rings. The van der Waals surface area contributed by atoms with E-state index in [2.05, 4.69) is 0 Å². The summed E-state index contributed by atoms with van der Waals surface area (Å²) in [6, 6.07) is 0. The maximum Gasteiger partial charge on any atom is 0.222 e. The second-order valence-corrected chi connectivity index (χ2v) is 4.75. The molecule has 1 saturated heterocycles. The number of carbonyl (C=O) groups is 1. The van der Waals surface area contributed by atoms with Crippen molar-refractivity contribution in [1.29, 1.82) is 0 Å². The number of ether oxygens (including phenoxy) is 3. The van der Waals surface area contributed by atoms with Gasteiger partial charge < -0.3 is 14.2 Å². The van der Waals surface area contributed by atoms with E-state index >= 15 is 0 Å². The molecule has 17 heavy (non-hydrogen) atoms. The Balaban J connectivity index is 2.18. The van der Waals surface area contributed by atoms with Crippen LogP contribution in [0, 0.1) is 5.92 Å². The number of allylic oxidation sites excluding steroid dienone is 1. The van der Waals surface area contributed by atoms with E-state index in [4.69, 9.17) is 14.2 Å². The maximum absolute atomic E-state index is 11.9. The molecule has 0 amide bonds. The van der Waals surface area contributed by atoms with E-state index < -0.39 is 5.79 Å². The molecule has 0 aromatic heterocycles. The average Bonchev–Trinajstić information content (AvgIpc) is 2.89. The van der Waals surface area contributed by atoms with Gasteiger partial charge in [0.25, 0.3) is 0 Å². The third-order valence-electron chi connectivity index (χ3n) is 4.13. The zero-order valence-electron chi connectivity index (χ0n) is 10.2. The van der Waals surface area contributed by atoms with Crippen molar-refractivity contribution >= 4 is 5.78 Å². The Morgan fingerprint density at radius 3 is 2.71 bits per heavy atom. The number of rotatable bonds is 2. The predicted molar refractivity (Wildman–Crippen MR) is 60.4 cm³/mol. The first-order valence-corrected chi connectivity index (χ1v) is 5.82. The molecule has 0 spiro atoms. The molecule has 0 aromatic rings. The van der Waals surface area contributed by atoms with Crippen LogP contribution in [0.25, 0.3) is 0 Å². The maximum atomic E-state index is 11.9. The third kappa shape index (κ3) is 1.20. The van der Waals surface area contributed by atoms with Crippen LogP contribution >= 0.6 is 0 Å². The van der Waals surface area contributed by atoms with Crippen LogP contribution in [0.3, 0.4) is 0 Å². The van der Waals surface area contributed by atoms with Gasteiger partial charge in [0.1, 0.15) is 6.10 Å². The Bertz CT molecular complexity index is 431. The van der Waals surface area contributed by atoms with Crippen LogP contribution in [-0.2, 0) is 19.0 Å². The number of ketones is 1. The summed E-state index contributed by atoms with van der Waals surface area (Å²) < 4.78 is 17.0. The van der Waals surface area contributed by atoms with Crippen molar-refractivity contribution in [3.05, 3.63) is 23.3 Å². The average molecular weight is 236 g/mol. The summed E-state index contributed by atoms with van der Waals surface area (Å²) in [4.78, 5) is 11.9. The first kappa shape index (κ1) is 11.1. The van der Waals surface area contributed by atoms with Gasteiger partial charge in [-0.1, -0.05) is 12.2 Å². The molecule has 4 heteroatoms. The van der Waals surface area contributed by atoms with Crippen molar-refractivity contribution in [2.45, 2.75) is 31.3 Å². The van der Waals surface area contributed by atoms with Crippen LogP contribution < -0.4 is 0 Å². The number of fused-ring (bicyclic) bond motifs is 4. The number of methoxy groups -OCH3 is 2. The molecule has 0 radical (unpaired) electrons.